The summed E-state index contributed by atoms with van der Waals surface area (Å²) in [6.45, 7) is 2.20. The molecule has 4 heteroatoms. The van der Waals surface area contributed by atoms with Crippen LogP contribution in [0.25, 0.3) is 10.4 Å². The second-order valence-corrected chi connectivity index (χ2v) is 4.91. The van der Waals surface area contributed by atoms with Gasteiger partial charge in [-0.15, -0.1) is 11.3 Å². The Morgan fingerprint density at radius 2 is 2.22 bits per heavy atom. The summed E-state index contributed by atoms with van der Waals surface area (Å²) < 4.78 is 18.7. The van der Waals surface area contributed by atoms with Crippen molar-refractivity contribution in [2.45, 2.75) is 6.54 Å². The first-order chi connectivity index (χ1) is 8.81. The van der Waals surface area contributed by atoms with E-state index in [0.717, 1.165) is 23.5 Å². The summed E-state index contributed by atoms with van der Waals surface area (Å²) in [5.41, 5.74) is 1.76. The van der Waals surface area contributed by atoms with Crippen molar-refractivity contribution in [1.29, 1.82) is 0 Å². The van der Waals surface area contributed by atoms with E-state index in [1.165, 1.54) is 6.07 Å². The Morgan fingerprint density at radius 3 is 2.94 bits per heavy atom. The highest BCUT2D eigenvalue weighted by atomic mass is 32.1. The van der Waals surface area contributed by atoms with E-state index in [2.05, 4.69) is 5.32 Å². The SMILES string of the molecule is COCCNCc1ccc(F)c(-c2cccs2)c1. The molecule has 0 amide bonds. The molecule has 0 aliphatic rings. The Kier molecular flexibility index (Phi) is 4.87. The third-order valence-electron chi connectivity index (χ3n) is 2.63. The van der Waals surface area contributed by atoms with Crippen molar-refractivity contribution in [3.63, 3.8) is 0 Å². The van der Waals surface area contributed by atoms with Crippen LogP contribution in [0.15, 0.2) is 35.7 Å². The summed E-state index contributed by atoms with van der Waals surface area (Å²) in [4.78, 5) is 0.964. The second kappa shape index (κ2) is 6.64. The van der Waals surface area contributed by atoms with Gasteiger partial charge in [-0.25, -0.2) is 4.39 Å². The molecule has 1 aromatic heterocycles. The van der Waals surface area contributed by atoms with Crippen molar-refractivity contribution in [3.8, 4) is 10.4 Å². The first-order valence-electron chi connectivity index (χ1n) is 5.83. The van der Waals surface area contributed by atoms with Gasteiger partial charge < -0.3 is 10.1 Å². The summed E-state index contributed by atoms with van der Waals surface area (Å²) in [5.74, 6) is -0.168. The number of rotatable bonds is 6. The predicted octanol–water partition coefficient (Wildman–Crippen LogP) is 3.29. The van der Waals surface area contributed by atoms with Crippen molar-refractivity contribution >= 4 is 11.3 Å². The molecule has 0 saturated heterocycles. The van der Waals surface area contributed by atoms with Crippen LogP contribution in [0.5, 0.6) is 0 Å². The number of thiophene rings is 1. The van der Waals surface area contributed by atoms with E-state index in [9.17, 15) is 4.39 Å². The maximum Gasteiger partial charge on any atom is 0.131 e. The van der Waals surface area contributed by atoms with E-state index >= 15 is 0 Å². The lowest BCUT2D eigenvalue weighted by molar-refractivity contribution is 0.199. The number of ether oxygens (including phenoxy) is 1. The molecule has 0 fully saturated rings. The summed E-state index contributed by atoms with van der Waals surface area (Å²) >= 11 is 1.55. The number of halogens is 1. The summed E-state index contributed by atoms with van der Waals surface area (Å²) in [6.07, 6.45) is 0. The minimum absolute atomic E-state index is 0.168. The molecule has 1 heterocycles. The van der Waals surface area contributed by atoms with Gasteiger partial charge in [0.05, 0.1) is 6.61 Å². The van der Waals surface area contributed by atoms with Crippen molar-refractivity contribution in [3.05, 3.63) is 47.1 Å². The Hall–Kier alpha value is -1.23. The summed E-state index contributed by atoms with van der Waals surface area (Å²) in [7, 11) is 1.68. The van der Waals surface area contributed by atoms with Gasteiger partial charge in [0.1, 0.15) is 5.82 Å². The Labute approximate surface area is 110 Å². The standard InChI is InChI=1S/C14H16FNOS/c1-17-7-6-16-10-11-4-5-13(15)12(9-11)14-3-2-8-18-14/h2-5,8-9,16H,6-7,10H2,1H3. The zero-order valence-corrected chi connectivity index (χ0v) is 11.1. The van der Waals surface area contributed by atoms with Gasteiger partial charge >= 0.3 is 0 Å². The van der Waals surface area contributed by atoms with Crippen LogP contribution in [0.2, 0.25) is 0 Å². The van der Waals surface area contributed by atoms with Gasteiger partial charge in [0, 0.05) is 30.6 Å². The first-order valence-corrected chi connectivity index (χ1v) is 6.71. The van der Waals surface area contributed by atoms with Crippen LogP contribution in [0.1, 0.15) is 5.56 Å². The maximum atomic E-state index is 13.7. The predicted molar refractivity (Wildman–Crippen MR) is 73.3 cm³/mol. The Balaban J connectivity index is 2.07. The molecule has 96 valence electrons. The van der Waals surface area contributed by atoms with Crippen LogP contribution >= 0.6 is 11.3 Å². The Morgan fingerprint density at radius 1 is 1.33 bits per heavy atom. The molecule has 0 spiro atoms. The van der Waals surface area contributed by atoms with E-state index in [4.69, 9.17) is 4.74 Å². The molecular weight excluding hydrogens is 249 g/mol. The molecule has 18 heavy (non-hydrogen) atoms. The number of hydrogen-bond donors (Lipinski definition) is 1. The molecule has 0 aliphatic carbocycles. The van der Waals surface area contributed by atoms with Crippen molar-refractivity contribution in [1.82, 2.24) is 5.32 Å². The monoisotopic (exact) mass is 265 g/mol. The van der Waals surface area contributed by atoms with Gasteiger partial charge in [-0.1, -0.05) is 12.1 Å². The molecule has 0 bridgehead atoms. The topological polar surface area (TPSA) is 21.3 Å². The van der Waals surface area contributed by atoms with E-state index in [1.807, 2.05) is 29.6 Å². The van der Waals surface area contributed by atoms with Crippen LogP contribution in [-0.4, -0.2) is 20.3 Å². The van der Waals surface area contributed by atoms with Gasteiger partial charge in [0.15, 0.2) is 0 Å². The highest BCUT2D eigenvalue weighted by Gasteiger charge is 2.06. The molecule has 0 unspecified atom stereocenters. The molecule has 1 N–H and O–H groups in total. The smallest absolute Gasteiger partial charge is 0.131 e. The molecular formula is C14H16FNOS. The van der Waals surface area contributed by atoms with E-state index < -0.39 is 0 Å². The van der Waals surface area contributed by atoms with Crippen LogP contribution < -0.4 is 5.32 Å². The van der Waals surface area contributed by atoms with Crippen molar-refractivity contribution < 1.29 is 9.13 Å². The lowest BCUT2D eigenvalue weighted by Gasteiger charge is -2.07. The van der Waals surface area contributed by atoms with Crippen LogP contribution in [0.3, 0.4) is 0 Å². The van der Waals surface area contributed by atoms with Crippen LogP contribution in [0.4, 0.5) is 4.39 Å². The quantitative estimate of drug-likeness (QED) is 0.809. The van der Waals surface area contributed by atoms with Gasteiger partial charge in [0.25, 0.3) is 0 Å². The van der Waals surface area contributed by atoms with Gasteiger partial charge in [0.2, 0.25) is 0 Å². The lowest BCUT2D eigenvalue weighted by atomic mass is 10.1. The fourth-order valence-electron chi connectivity index (χ4n) is 1.71. The highest BCUT2D eigenvalue weighted by Crippen LogP contribution is 2.28. The van der Waals surface area contributed by atoms with Gasteiger partial charge in [-0.2, -0.15) is 0 Å². The van der Waals surface area contributed by atoms with Crippen LogP contribution in [-0.2, 0) is 11.3 Å². The number of nitrogens with one attached hydrogen (secondary N) is 1. The molecule has 0 radical (unpaired) electrons. The second-order valence-electron chi connectivity index (χ2n) is 3.96. The van der Waals surface area contributed by atoms with Crippen molar-refractivity contribution in [2.24, 2.45) is 0 Å². The largest absolute Gasteiger partial charge is 0.383 e. The fraction of sp³-hybridized carbons (Fsp3) is 0.286. The summed E-state index contributed by atoms with van der Waals surface area (Å²) in [6, 6.07) is 9.11. The normalized spacial score (nSPS) is 10.8. The minimum Gasteiger partial charge on any atom is -0.383 e. The van der Waals surface area contributed by atoms with Crippen LogP contribution in [0, 0.1) is 5.82 Å². The molecule has 2 rings (SSSR count). The highest BCUT2D eigenvalue weighted by molar-refractivity contribution is 7.13. The third-order valence-corrected chi connectivity index (χ3v) is 3.53. The third kappa shape index (κ3) is 3.38. The number of benzene rings is 1. The molecule has 2 aromatic rings. The molecule has 2 nitrogen and oxygen atoms in total. The molecule has 0 atom stereocenters. The zero-order chi connectivity index (χ0) is 12.8. The van der Waals surface area contributed by atoms with E-state index in [-0.39, 0.29) is 5.82 Å². The fourth-order valence-corrected chi connectivity index (χ4v) is 2.45. The average Bonchev–Trinajstić information content (AvgIpc) is 2.90. The minimum atomic E-state index is -0.168. The number of methoxy groups -OCH3 is 1. The average molecular weight is 265 g/mol. The molecule has 1 aromatic carbocycles. The summed E-state index contributed by atoms with van der Waals surface area (Å²) in [5, 5.41) is 5.21. The number of hydrogen-bond acceptors (Lipinski definition) is 3. The van der Waals surface area contributed by atoms with Crippen molar-refractivity contribution in [2.75, 3.05) is 20.3 Å². The van der Waals surface area contributed by atoms with E-state index in [0.29, 0.717) is 12.2 Å². The lowest BCUT2D eigenvalue weighted by Crippen LogP contribution is -2.18. The molecule has 0 saturated carbocycles. The first kappa shape index (κ1) is 13.2. The van der Waals surface area contributed by atoms with Gasteiger partial charge in [-0.3, -0.25) is 0 Å². The maximum absolute atomic E-state index is 13.7. The molecule has 0 aliphatic heterocycles. The Bertz CT molecular complexity index is 485. The van der Waals surface area contributed by atoms with E-state index in [1.54, 1.807) is 18.4 Å². The van der Waals surface area contributed by atoms with Gasteiger partial charge in [-0.05, 0) is 29.1 Å². The zero-order valence-electron chi connectivity index (χ0n) is 10.3.